The summed E-state index contributed by atoms with van der Waals surface area (Å²) < 4.78 is 0. The zero-order valence-corrected chi connectivity index (χ0v) is 12.9. The molecule has 0 aromatic heterocycles. The standard InChI is InChI=1S/C19H21NO2/c1-13(21)20(14(2)22)12-18-9-5-8-17-10-15-6-3-4-7-16(15)11-19(17)18/h3-11,13-14,21-22H,12H2,1-2H3. The van der Waals surface area contributed by atoms with Crippen molar-refractivity contribution in [2.24, 2.45) is 0 Å². The van der Waals surface area contributed by atoms with E-state index >= 15 is 0 Å². The average Bonchev–Trinajstić information content (AvgIpc) is 2.50. The Kier molecular flexibility index (Phi) is 4.12. The van der Waals surface area contributed by atoms with Crippen LogP contribution in [0.5, 0.6) is 0 Å². The smallest absolute Gasteiger partial charge is 0.106 e. The number of aliphatic hydroxyl groups excluding tert-OH is 2. The summed E-state index contributed by atoms with van der Waals surface area (Å²) in [4.78, 5) is 1.66. The topological polar surface area (TPSA) is 43.7 Å². The summed E-state index contributed by atoms with van der Waals surface area (Å²) in [6.07, 6.45) is -1.40. The minimum absolute atomic E-state index is 0.505. The van der Waals surface area contributed by atoms with E-state index in [0.29, 0.717) is 6.54 Å². The molecule has 0 amide bonds. The van der Waals surface area contributed by atoms with Crippen molar-refractivity contribution >= 4 is 21.5 Å². The molecule has 0 spiro atoms. The lowest BCUT2D eigenvalue weighted by atomic mass is 9.99. The Hall–Kier alpha value is -1.94. The predicted octanol–water partition coefficient (Wildman–Crippen LogP) is 3.47. The quantitative estimate of drug-likeness (QED) is 0.572. The Morgan fingerprint density at radius 1 is 0.818 bits per heavy atom. The van der Waals surface area contributed by atoms with Gasteiger partial charge in [0.25, 0.3) is 0 Å². The zero-order chi connectivity index (χ0) is 15.7. The van der Waals surface area contributed by atoms with E-state index in [9.17, 15) is 10.2 Å². The first-order valence-corrected chi connectivity index (χ1v) is 7.58. The van der Waals surface area contributed by atoms with Crippen LogP contribution in [0.3, 0.4) is 0 Å². The van der Waals surface area contributed by atoms with Gasteiger partial charge in [0, 0.05) is 6.54 Å². The molecule has 3 aromatic carbocycles. The molecule has 2 N–H and O–H groups in total. The molecular formula is C19H21NO2. The summed E-state index contributed by atoms with van der Waals surface area (Å²) in [5, 5.41) is 24.5. The van der Waals surface area contributed by atoms with Crippen LogP contribution in [0.1, 0.15) is 19.4 Å². The molecule has 3 rings (SSSR count). The second-order valence-electron chi connectivity index (χ2n) is 5.77. The van der Waals surface area contributed by atoms with Gasteiger partial charge in [0.05, 0.1) is 0 Å². The molecule has 0 bridgehead atoms. The van der Waals surface area contributed by atoms with E-state index in [1.165, 1.54) is 16.2 Å². The van der Waals surface area contributed by atoms with Gasteiger partial charge in [0.1, 0.15) is 12.5 Å². The van der Waals surface area contributed by atoms with Crippen LogP contribution in [-0.4, -0.2) is 27.6 Å². The second-order valence-corrected chi connectivity index (χ2v) is 5.77. The van der Waals surface area contributed by atoms with Gasteiger partial charge < -0.3 is 10.2 Å². The molecule has 0 saturated carbocycles. The van der Waals surface area contributed by atoms with Gasteiger partial charge in [0.2, 0.25) is 0 Å². The van der Waals surface area contributed by atoms with Gasteiger partial charge in [-0.05, 0) is 53.1 Å². The molecule has 0 aliphatic rings. The fraction of sp³-hybridized carbons (Fsp3) is 0.263. The highest BCUT2D eigenvalue weighted by Crippen LogP contribution is 2.26. The number of nitrogens with zero attached hydrogens (tertiary/aromatic N) is 1. The molecule has 0 aliphatic carbocycles. The van der Waals surface area contributed by atoms with Gasteiger partial charge in [0.15, 0.2) is 0 Å². The summed E-state index contributed by atoms with van der Waals surface area (Å²) in [6.45, 7) is 3.85. The van der Waals surface area contributed by atoms with Crippen molar-refractivity contribution in [3.63, 3.8) is 0 Å². The Bertz CT molecular complexity index is 788. The first kappa shape index (κ1) is 15.0. The van der Waals surface area contributed by atoms with Crippen LogP contribution in [0.15, 0.2) is 54.6 Å². The number of benzene rings is 3. The number of hydrogen-bond donors (Lipinski definition) is 2. The van der Waals surface area contributed by atoms with Crippen LogP contribution >= 0.6 is 0 Å². The highest BCUT2D eigenvalue weighted by Gasteiger charge is 2.17. The second kappa shape index (κ2) is 6.05. The summed E-state index contributed by atoms with van der Waals surface area (Å²) in [5.74, 6) is 0. The van der Waals surface area contributed by atoms with Gasteiger partial charge >= 0.3 is 0 Å². The lowest BCUT2D eigenvalue weighted by molar-refractivity contribution is -0.0895. The molecule has 0 fully saturated rings. The van der Waals surface area contributed by atoms with E-state index in [0.717, 1.165) is 10.9 Å². The van der Waals surface area contributed by atoms with Gasteiger partial charge in [-0.3, -0.25) is 0 Å². The minimum atomic E-state index is -0.698. The SMILES string of the molecule is CC(O)N(Cc1cccc2cc3ccccc3cc12)C(C)O. The predicted molar refractivity (Wildman–Crippen MR) is 90.4 cm³/mol. The minimum Gasteiger partial charge on any atom is -0.379 e. The number of rotatable bonds is 4. The maximum Gasteiger partial charge on any atom is 0.106 e. The number of hydrogen-bond acceptors (Lipinski definition) is 3. The molecule has 3 heteroatoms. The highest BCUT2D eigenvalue weighted by atomic mass is 16.3. The van der Waals surface area contributed by atoms with E-state index < -0.39 is 12.5 Å². The van der Waals surface area contributed by atoms with Crippen LogP contribution in [0, 0.1) is 0 Å². The van der Waals surface area contributed by atoms with Gasteiger partial charge in [-0.1, -0.05) is 42.5 Å². The molecule has 22 heavy (non-hydrogen) atoms. The molecular weight excluding hydrogens is 274 g/mol. The summed E-state index contributed by atoms with van der Waals surface area (Å²) in [5.41, 5.74) is 1.10. The van der Waals surface area contributed by atoms with Crippen molar-refractivity contribution in [1.29, 1.82) is 0 Å². The van der Waals surface area contributed by atoms with Crippen molar-refractivity contribution in [1.82, 2.24) is 4.90 Å². The summed E-state index contributed by atoms with van der Waals surface area (Å²) in [6, 6.07) is 18.8. The first-order chi connectivity index (χ1) is 10.6. The van der Waals surface area contributed by atoms with Crippen molar-refractivity contribution in [3.8, 4) is 0 Å². The van der Waals surface area contributed by atoms with E-state index in [1.54, 1.807) is 18.7 Å². The molecule has 0 saturated heterocycles. The average molecular weight is 295 g/mol. The Morgan fingerprint density at radius 2 is 1.41 bits per heavy atom. The van der Waals surface area contributed by atoms with Crippen molar-refractivity contribution in [2.75, 3.05) is 0 Å². The van der Waals surface area contributed by atoms with Crippen LogP contribution in [-0.2, 0) is 6.54 Å². The molecule has 0 heterocycles. The maximum absolute atomic E-state index is 9.85. The van der Waals surface area contributed by atoms with E-state index in [1.807, 2.05) is 18.2 Å². The Balaban J connectivity index is 2.11. The molecule has 2 unspecified atom stereocenters. The number of fused-ring (bicyclic) bond motifs is 2. The monoisotopic (exact) mass is 295 g/mol. The van der Waals surface area contributed by atoms with E-state index in [-0.39, 0.29) is 0 Å². The molecule has 0 aliphatic heterocycles. The number of aliphatic hydroxyl groups is 2. The lowest BCUT2D eigenvalue weighted by Crippen LogP contribution is -2.39. The Labute approximate surface area is 130 Å². The first-order valence-electron chi connectivity index (χ1n) is 7.58. The third-order valence-electron chi connectivity index (χ3n) is 4.15. The fourth-order valence-corrected chi connectivity index (χ4v) is 2.94. The Morgan fingerprint density at radius 3 is 2.05 bits per heavy atom. The molecule has 0 radical (unpaired) electrons. The largest absolute Gasteiger partial charge is 0.379 e. The summed E-state index contributed by atoms with van der Waals surface area (Å²) in [7, 11) is 0. The van der Waals surface area contributed by atoms with Gasteiger partial charge in [-0.2, -0.15) is 0 Å². The highest BCUT2D eigenvalue weighted by molar-refractivity contribution is 5.99. The molecule has 2 atom stereocenters. The van der Waals surface area contributed by atoms with Crippen LogP contribution in [0.2, 0.25) is 0 Å². The van der Waals surface area contributed by atoms with Crippen molar-refractivity contribution in [2.45, 2.75) is 32.8 Å². The summed E-state index contributed by atoms with van der Waals surface area (Å²) >= 11 is 0. The van der Waals surface area contributed by atoms with Crippen molar-refractivity contribution < 1.29 is 10.2 Å². The fourth-order valence-electron chi connectivity index (χ4n) is 2.94. The third kappa shape index (κ3) is 2.83. The van der Waals surface area contributed by atoms with Crippen LogP contribution < -0.4 is 0 Å². The molecule has 3 aromatic rings. The lowest BCUT2D eigenvalue weighted by Gasteiger charge is -2.28. The van der Waals surface area contributed by atoms with Crippen molar-refractivity contribution in [3.05, 3.63) is 60.2 Å². The van der Waals surface area contributed by atoms with Gasteiger partial charge in [-0.15, -0.1) is 0 Å². The van der Waals surface area contributed by atoms with E-state index in [4.69, 9.17) is 0 Å². The normalized spacial score (nSPS) is 14.6. The third-order valence-corrected chi connectivity index (χ3v) is 4.15. The maximum atomic E-state index is 9.85. The van der Waals surface area contributed by atoms with Crippen LogP contribution in [0.4, 0.5) is 0 Å². The van der Waals surface area contributed by atoms with Gasteiger partial charge in [-0.25, -0.2) is 4.90 Å². The van der Waals surface area contributed by atoms with E-state index in [2.05, 4.69) is 36.4 Å². The van der Waals surface area contributed by atoms with Crippen LogP contribution in [0.25, 0.3) is 21.5 Å². The molecule has 3 nitrogen and oxygen atoms in total. The zero-order valence-electron chi connectivity index (χ0n) is 12.9. The molecule has 114 valence electrons.